The van der Waals surface area contributed by atoms with Crippen molar-refractivity contribution in [1.29, 1.82) is 0 Å². The minimum atomic E-state index is -0.487. The number of rotatable bonds is 7. The Morgan fingerprint density at radius 1 is 1.39 bits per heavy atom. The van der Waals surface area contributed by atoms with Crippen LogP contribution in [-0.2, 0) is 28.9 Å². The molecule has 0 saturated carbocycles. The van der Waals surface area contributed by atoms with Crippen molar-refractivity contribution < 1.29 is 24.0 Å². The number of nitrogen functional groups attached to an aromatic ring is 1. The average molecular weight is 473 g/mol. The highest BCUT2D eigenvalue weighted by molar-refractivity contribution is 7.17. The molecule has 5 N–H and O–H groups in total. The van der Waals surface area contributed by atoms with Crippen molar-refractivity contribution in [2.45, 2.75) is 64.2 Å². The van der Waals surface area contributed by atoms with Gasteiger partial charge in [0.1, 0.15) is 16.9 Å². The predicted octanol–water partition coefficient (Wildman–Crippen LogP) is 3.38. The maximum absolute atomic E-state index is 12.4. The van der Waals surface area contributed by atoms with E-state index in [-0.39, 0.29) is 12.0 Å². The normalized spacial score (nSPS) is 19.5. The first kappa shape index (κ1) is 23.1. The molecule has 2 unspecified atom stereocenters. The van der Waals surface area contributed by atoms with Crippen molar-refractivity contribution in [2.24, 2.45) is 0 Å². The van der Waals surface area contributed by atoms with Gasteiger partial charge in [-0.25, -0.2) is 4.79 Å². The molecule has 0 aromatic carbocycles. The number of aryl methyl sites for hydroxylation is 1. The molecule has 176 valence electrons. The number of thiophene rings is 1. The molecule has 0 aliphatic heterocycles. The molecule has 0 saturated heterocycles. The number of allylic oxidation sites excluding steroid dienone is 2. The Kier molecular flexibility index (Phi) is 7.14. The van der Waals surface area contributed by atoms with Crippen molar-refractivity contribution in [2.75, 3.05) is 11.1 Å². The maximum Gasteiger partial charge on any atom is 0.407 e. The molecule has 9 nitrogen and oxygen atoms in total. The summed E-state index contributed by atoms with van der Waals surface area (Å²) < 4.78 is 10.6. The first-order chi connectivity index (χ1) is 15.9. The molecular formula is C23H28N4O5S. The highest BCUT2D eigenvalue weighted by atomic mass is 32.1. The van der Waals surface area contributed by atoms with Gasteiger partial charge in [0.2, 0.25) is 5.91 Å². The van der Waals surface area contributed by atoms with E-state index >= 15 is 0 Å². The van der Waals surface area contributed by atoms with Crippen LogP contribution in [0.15, 0.2) is 34.5 Å². The fourth-order valence-electron chi connectivity index (χ4n) is 4.00. The van der Waals surface area contributed by atoms with Crippen LogP contribution < -0.4 is 16.4 Å². The van der Waals surface area contributed by atoms with E-state index < -0.39 is 12.2 Å². The zero-order chi connectivity index (χ0) is 23.4. The van der Waals surface area contributed by atoms with Crippen LogP contribution in [-0.4, -0.2) is 34.5 Å². The van der Waals surface area contributed by atoms with Crippen LogP contribution in [0, 0.1) is 6.92 Å². The molecular weight excluding hydrogens is 444 g/mol. The van der Waals surface area contributed by atoms with Gasteiger partial charge in [0.05, 0.1) is 24.5 Å². The molecule has 0 spiro atoms. The lowest BCUT2D eigenvalue weighted by Gasteiger charge is -2.22. The molecule has 2 heterocycles. The summed E-state index contributed by atoms with van der Waals surface area (Å²) in [6.45, 7) is 2.07. The van der Waals surface area contributed by atoms with Crippen LogP contribution in [0.4, 0.5) is 15.5 Å². The van der Waals surface area contributed by atoms with Crippen molar-refractivity contribution in [3.05, 3.63) is 51.8 Å². The van der Waals surface area contributed by atoms with E-state index in [4.69, 9.17) is 15.0 Å². The molecule has 4 rings (SSSR count). The van der Waals surface area contributed by atoms with Gasteiger partial charge in [-0.15, -0.1) is 11.3 Å². The number of aliphatic hydroxyl groups excluding tert-OH is 1. The molecule has 33 heavy (non-hydrogen) atoms. The van der Waals surface area contributed by atoms with E-state index in [1.54, 1.807) is 19.2 Å². The van der Waals surface area contributed by atoms with Gasteiger partial charge < -0.3 is 30.7 Å². The molecule has 2 amide bonds. The Balaban J connectivity index is 1.27. The lowest BCUT2D eigenvalue weighted by molar-refractivity contribution is -0.116. The summed E-state index contributed by atoms with van der Waals surface area (Å²) in [4.78, 5) is 25.7. The number of hydrogen-bond donors (Lipinski definition) is 4. The van der Waals surface area contributed by atoms with Crippen molar-refractivity contribution >= 4 is 34.0 Å². The van der Waals surface area contributed by atoms with Gasteiger partial charge in [-0.2, -0.15) is 0 Å². The van der Waals surface area contributed by atoms with Crippen molar-refractivity contribution in [1.82, 2.24) is 10.5 Å². The van der Waals surface area contributed by atoms with E-state index in [0.29, 0.717) is 61.5 Å². The first-order valence-electron chi connectivity index (χ1n) is 11.0. The van der Waals surface area contributed by atoms with Gasteiger partial charge >= 0.3 is 6.09 Å². The Labute approximate surface area is 195 Å². The Morgan fingerprint density at radius 3 is 3.00 bits per heavy atom. The number of aliphatic hydroxyl groups is 1. The molecule has 0 radical (unpaired) electrons. The highest BCUT2D eigenvalue weighted by Crippen LogP contribution is 2.40. The zero-order valence-corrected chi connectivity index (χ0v) is 19.2. The second kappa shape index (κ2) is 10.2. The fraction of sp³-hybridized carbons (Fsp3) is 0.435. The number of nitrogens with two attached hydrogens (primary N) is 1. The van der Waals surface area contributed by atoms with E-state index in [9.17, 15) is 14.7 Å². The molecule has 2 aliphatic rings. The third-order valence-electron chi connectivity index (χ3n) is 5.87. The highest BCUT2D eigenvalue weighted by Gasteiger charge is 2.27. The monoisotopic (exact) mass is 472 g/mol. The SMILES string of the molecule is Cc1oncc1CNC(=O)OC1CCc2c(sc(NC(=O)CCC3=CC=CC(O)C3)c2N)C1. The summed E-state index contributed by atoms with van der Waals surface area (Å²) in [5.41, 5.74) is 9.78. The smallest absolute Gasteiger partial charge is 0.407 e. The molecule has 0 fully saturated rings. The standard InChI is InChI=1S/C23H28N4O5S/c1-13-15(12-26-32-13)11-25-23(30)31-17-6-7-18-19(10-17)33-22(21(18)24)27-20(29)8-5-14-3-2-4-16(28)9-14/h2-4,12,16-17,28H,5-11,24H2,1H3,(H,25,30)(H,27,29). The van der Waals surface area contributed by atoms with Gasteiger partial charge in [-0.1, -0.05) is 29.0 Å². The minimum Gasteiger partial charge on any atom is -0.446 e. The Morgan fingerprint density at radius 2 is 2.24 bits per heavy atom. The molecule has 2 aromatic rings. The van der Waals surface area contributed by atoms with Gasteiger partial charge in [0.15, 0.2) is 0 Å². The summed E-state index contributed by atoms with van der Waals surface area (Å²) in [5, 5.41) is 19.7. The third-order valence-corrected chi connectivity index (χ3v) is 7.06. The summed E-state index contributed by atoms with van der Waals surface area (Å²) in [5.74, 6) is 0.549. The van der Waals surface area contributed by atoms with Crippen LogP contribution >= 0.6 is 11.3 Å². The number of amides is 2. The van der Waals surface area contributed by atoms with E-state index in [1.807, 2.05) is 12.2 Å². The van der Waals surface area contributed by atoms with Crippen LogP contribution in [0.2, 0.25) is 0 Å². The molecule has 2 atom stereocenters. The average Bonchev–Trinajstić information content (AvgIpc) is 3.33. The van der Waals surface area contributed by atoms with E-state index in [0.717, 1.165) is 21.6 Å². The molecule has 10 heteroatoms. The first-order valence-corrected chi connectivity index (χ1v) is 11.8. The maximum atomic E-state index is 12.4. The molecule has 2 aromatic heterocycles. The lowest BCUT2D eigenvalue weighted by atomic mass is 9.95. The van der Waals surface area contributed by atoms with Gasteiger partial charge in [-0.3, -0.25) is 4.79 Å². The van der Waals surface area contributed by atoms with Crippen molar-refractivity contribution in [3.63, 3.8) is 0 Å². The minimum absolute atomic E-state index is 0.110. The zero-order valence-electron chi connectivity index (χ0n) is 18.4. The second-order valence-corrected chi connectivity index (χ2v) is 9.41. The van der Waals surface area contributed by atoms with E-state index in [2.05, 4.69) is 15.8 Å². The van der Waals surface area contributed by atoms with Gasteiger partial charge in [0, 0.05) is 23.3 Å². The molecule has 2 aliphatic carbocycles. The van der Waals surface area contributed by atoms with E-state index in [1.165, 1.54) is 11.3 Å². The fourth-order valence-corrected chi connectivity index (χ4v) is 5.24. The number of alkyl carbamates (subject to hydrolysis) is 1. The third kappa shape index (κ3) is 5.82. The Hall–Kier alpha value is -3.11. The summed E-state index contributed by atoms with van der Waals surface area (Å²) in [7, 11) is 0. The number of carbonyl (C=O) groups is 2. The summed E-state index contributed by atoms with van der Waals surface area (Å²) >= 11 is 1.44. The van der Waals surface area contributed by atoms with Gasteiger partial charge in [0.25, 0.3) is 0 Å². The number of nitrogens with zero attached hydrogens (tertiary/aromatic N) is 1. The lowest BCUT2D eigenvalue weighted by Crippen LogP contribution is -2.31. The van der Waals surface area contributed by atoms with Crippen LogP contribution in [0.5, 0.6) is 0 Å². The number of fused-ring (bicyclic) bond motifs is 1. The number of aromatic nitrogens is 1. The van der Waals surface area contributed by atoms with Crippen LogP contribution in [0.25, 0.3) is 0 Å². The quantitative estimate of drug-likeness (QED) is 0.484. The van der Waals surface area contributed by atoms with Crippen LogP contribution in [0.1, 0.15) is 47.4 Å². The van der Waals surface area contributed by atoms with Crippen LogP contribution in [0.3, 0.4) is 0 Å². The number of anilines is 2. The van der Waals surface area contributed by atoms with Crippen molar-refractivity contribution in [3.8, 4) is 0 Å². The number of nitrogens with one attached hydrogen (secondary N) is 2. The molecule has 0 bridgehead atoms. The number of ether oxygens (including phenoxy) is 1. The Bertz CT molecular complexity index is 1090. The summed E-state index contributed by atoms with van der Waals surface area (Å²) in [6.07, 6.45) is 9.27. The topological polar surface area (TPSA) is 140 Å². The van der Waals surface area contributed by atoms with Gasteiger partial charge in [-0.05, 0) is 38.2 Å². The largest absolute Gasteiger partial charge is 0.446 e. The second-order valence-electron chi connectivity index (χ2n) is 8.31. The number of carbonyl (C=O) groups excluding carboxylic acids is 2. The summed E-state index contributed by atoms with van der Waals surface area (Å²) in [6, 6.07) is 0. The predicted molar refractivity (Wildman–Crippen MR) is 125 cm³/mol. The number of hydrogen-bond acceptors (Lipinski definition) is 8.